The predicted octanol–water partition coefficient (Wildman–Crippen LogP) is 2.81. The zero-order valence-electron chi connectivity index (χ0n) is 8.86. The minimum Gasteiger partial charge on any atom is -0.495 e. The summed E-state index contributed by atoms with van der Waals surface area (Å²) >= 11 is 3.43. The molecule has 3 rings (SSSR count). The number of hydrogen-bond acceptors (Lipinski definition) is 4. The highest BCUT2D eigenvalue weighted by atomic mass is 79.9. The van der Waals surface area contributed by atoms with E-state index in [1.807, 2.05) is 12.1 Å². The number of hydrogen-bond donors (Lipinski definition) is 0. The van der Waals surface area contributed by atoms with Crippen LogP contribution in [-0.4, -0.2) is 25.2 Å². The van der Waals surface area contributed by atoms with Crippen molar-refractivity contribution in [2.24, 2.45) is 0 Å². The van der Waals surface area contributed by atoms with E-state index in [0.717, 1.165) is 34.4 Å². The molecule has 1 fully saturated rings. The lowest BCUT2D eigenvalue weighted by Crippen LogP contribution is -2.37. The number of methoxy groups -OCH3 is 1. The van der Waals surface area contributed by atoms with E-state index in [0.29, 0.717) is 6.01 Å². The monoisotopic (exact) mass is 282 g/mol. The summed E-state index contributed by atoms with van der Waals surface area (Å²) in [4.78, 5) is 6.57. The highest BCUT2D eigenvalue weighted by Crippen LogP contribution is 2.33. The Kier molecular flexibility index (Phi) is 2.28. The van der Waals surface area contributed by atoms with Crippen molar-refractivity contribution in [3.63, 3.8) is 0 Å². The smallest absolute Gasteiger partial charge is 0.298 e. The fourth-order valence-corrected chi connectivity index (χ4v) is 2.20. The lowest BCUT2D eigenvalue weighted by Gasteiger charge is -2.28. The zero-order valence-corrected chi connectivity index (χ0v) is 10.5. The molecule has 1 aromatic heterocycles. The van der Waals surface area contributed by atoms with E-state index in [4.69, 9.17) is 9.15 Å². The molecule has 0 unspecified atom stereocenters. The van der Waals surface area contributed by atoms with Crippen LogP contribution in [0.2, 0.25) is 0 Å². The third kappa shape index (κ3) is 1.46. The number of anilines is 1. The second-order valence-electron chi connectivity index (χ2n) is 3.79. The van der Waals surface area contributed by atoms with Gasteiger partial charge < -0.3 is 14.1 Å². The predicted molar refractivity (Wildman–Crippen MR) is 65.1 cm³/mol. The van der Waals surface area contributed by atoms with E-state index in [2.05, 4.69) is 25.8 Å². The molecule has 0 spiro atoms. The van der Waals surface area contributed by atoms with Gasteiger partial charge in [-0.1, -0.05) is 0 Å². The van der Waals surface area contributed by atoms with Gasteiger partial charge in [-0.3, -0.25) is 0 Å². The Morgan fingerprint density at radius 1 is 1.44 bits per heavy atom. The van der Waals surface area contributed by atoms with Crippen LogP contribution in [-0.2, 0) is 0 Å². The standard InChI is InChI=1S/C11H11BrN2O2/c1-15-9-6-8-10(5-7(9)12)16-11(13-8)14-3-2-4-14/h5-6H,2-4H2,1H3. The summed E-state index contributed by atoms with van der Waals surface area (Å²) < 4.78 is 11.8. The van der Waals surface area contributed by atoms with E-state index in [1.165, 1.54) is 6.42 Å². The van der Waals surface area contributed by atoms with Gasteiger partial charge >= 0.3 is 0 Å². The van der Waals surface area contributed by atoms with Crippen LogP contribution in [0.3, 0.4) is 0 Å². The van der Waals surface area contributed by atoms with Crippen molar-refractivity contribution in [3.8, 4) is 5.75 Å². The number of halogens is 1. The van der Waals surface area contributed by atoms with Crippen LogP contribution < -0.4 is 9.64 Å². The Morgan fingerprint density at radius 3 is 2.88 bits per heavy atom. The Bertz CT molecular complexity index is 534. The minimum atomic E-state index is 0.710. The molecule has 0 radical (unpaired) electrons. The average Bonchev–Trinajstić information content (AvgIpc) is 2.55. The lowest BCUT2D eigenvalue weighted by molar-refractivity contribution is 0.412. The van der Waals surface area contributed by atoms with Gasteiger partial charge in [0.15, 0.2) is 5.58 Å². The minimum absolute atomic E-state index is 0.710. The molecule has 4 nitrogen and oxygen atoms in total. The molecule has 1 aliphatic heterocycles. The van der Waals surface area contributed by atoms with Crippen LogP contribution in [0.5, 0.6) is 5.75 Å². The summed E-state index contributed by atoms with van der Waals surface area (Å²) in [5.41, 5.74) is 1.62. The quantitative estimate of drug-likeness (QED) is 0.849. The van der Waals surface area contributed by atoms with Crippen LogP contribution in [0.25, 0.3) is 11.1 Å². The molecular formula is C11H11BrN2O2. The summed E-state index contributed by atoms with van der Waals surface area (Å²) in [6.45, 7) is 2.07. The number of fused-ring (bicyclic) bond motifs is 1. The van der Waals surface area contributed by atoms with Crippen molar-refractivity contribution in [1.29, 1.82) is 0 Å². The number of benzene rings is 1. The first-order valence-corrected chi connectivity index (χ1v) is 5.96. The average molecular weight is 283 g/mol. The molecule has 0 atom stereocenters. The normalized spacial score (nSPS) is 15.2. The summed E-state index contributed by atoms with van der Waals surface area (Å²) in [5.74, 6) is 0.774. The Balaban J connectivity index is 2.09. The molecule has 16 heavy (non-hydrogen) atoms. The van der Waals surface area contributed by atoms with Crippen LogP contribution in [0.1, 0.15) is 6.42 Å². The van der Waals surface area contributed by atoms with Crippen molar-refractivity contribution < 1.29 is 9.15 Å². The number of nitrogens with zero attached hydrogens (tertiary/aromatic N) is 2. The van der Waals surface area contributed by atoms with Gasteiger partial charge in [-0.25, -0.2) is 0 Å². The van der Waals surface area contributed by atoms with Gasteiger partial charge in [-0.05, 0) is 22.4 Å². The number of ether oxygens (including phenoxy) is 1. The van der Waals surface area contributed by atoms with Crippen LogP contribution in [0.4, 0.5) is 6.01 Å². The van der Waals surface area contributed by atoms with Gasteiger partial charge in [0, 0.05) is 25.2 Å². The molecule has 1 aromatic carbocycles. The maximum atomic E-state index is 5.68. The second-order valence-corrected chi connectivity index (χ2v) is 4.65. The maximum Gasteiger partial charge on any atom is 0.298 e. The van der Waals surface area contributed by atoms with Gasteiger partial charge in [0.1, 0.15) is 11.3 Å². The van der Waals surface area contributed by atoms with Crippen LogP contribution >= 0.6 is 15.9 Å². The molecule has 2 heterocycles. The third-order valence-electron chi connectivity index (χ3n) is 2.78. The Hall–Kier alpha value is -1.23. The summed E-state index contributed by atoms with van der Waals surface area (Å²) in [7, 11) is 1.64. The SMILES string of the molecule is COc1cc2nc(N3CCC3)oc2cc1Br. The van der Waals surface area contributed by atoms with Crippen molar-refractivity contribution >= 4 is 33.0 Å². The molecule has 5 heteroatoms. The van der Waals surface area contributed by atoms with E-state index >= 15 is 0 Å². The fraction of sp³-hybridized carbons (Fsp3) is 0.364. The lowest BCUT2D eigenvalue weighted by atomic mass is 10.2. The first kappa shape index (κ1) is 9.96. The van der Waals surface area contributed by atoms with Gasteiger partial charge in [0.25, 0.3) is 6.01 Å². The van der Waals surface area contributed by atoms with Gasteiger partial charge in [-0.15, -0.1) is 0 Å². The molecule has 0 aliphatic carbocycles. The third-order valence-corrected chi connectivity index (χ3v) is 3.40. The number of rotatable bonds is 2. The Labute approximate surface area is 101 Å². The number of aromatic nitrogens is 1. The molecule has 84 valence electrons. The van der Waals surface area contributed by atoms with Crippen molar-refractivity contribution in [3.05, 3.63) is 16.6 Å². The summed E-state index contributed by atoms with van der Waals surface area (Å²) in [5, 5.41) is 0. The molecule has 0 saturated carbocycles. The van der Waals surface area contributed by atoms with E-state index < -0.39 is 0 Å². The van der Waals surface area contributed by atoms with Crippen molar-refractivity contribution in [2.75, 3.05) is 25.1 Å². The molecule has 1 saturated heterocycles. The van der Waals surface area contributed by atoms with Gasteiger partial charge in [0.2, 0.25) is 0 Å². The van der Waals surface area contributed by atoms with E-state index in [1.54, 1.807) is 7.11 Å². The molecule has 0 N–H and O–H groups in total. The molecule has 1 aliphatic rings. The van der Waals surface area contributed by atoms with Crippen molar-refractivity contribution in [1.82, 2.24) is 4.98 Å². The fourth-order valence-electron chi connectivity index (χ4n) is 1.72. The van der Waals surface area contributed by atoms with Crippen molar-refractivity contribution in [2.45, 2.75) is 6.42 Å². The van der Waals surface area contributed by atoms with Gasteiger partial charge in [0.05, 0.1) is 11.6 Å². The number of oxazole rings is 1. The van der Waals surface area contributed by atoms with Crippen LogP contribution in [0.15, 0.2) is 21.0 Å². The Morgan fingerprint density at radius 2 is 2.25 bits per heavy atom. The molecular weight excluding hydrogens is 272 g/mol. The largest absolute Gasteiger partial charge is 0.495 e. The van der Waals surface area contributed by atoms with E-state index in [9.17, 15) is 0 Å². The molecule has 2 aromatic rings. The zero-order chi connectivity index (χ0) is 11.1. The molecule has 0 amide bonds. The topological polar surface area (TPSA) is 38.5 Å². The first-order valence-electron chi connectivity index (χ1n) is 5.17. The van der Waals surface area contributed by atoms with Gasteiger partial charge in [-0.2, -0.15) is 4.98 Å². The highest BCUT2D eigenvalue weighted by Gasteiger charge is 2.20. The maximum absolute atomic E-state index is 5.68. The first-order chi connectivity index (χ1) is 7.78. The summed E-state index contributed by atoms with van der Waals surface area (Å²) in [6.07, 6.45) is 1.21. The van der Waals surface area contributed by atoms with Crippen LogP contribution in [0, 0.1) is 0 Å². The summed E-state index contributed by atoms with van der Waals surface area (Å²) in [6, 6.07) is 4.48. The second kappa shape index (κ2) is 3.66. The molecule has 0 bridgehead atoms. The highest BCUT2D eigenvalue weighted by molar-refractivity contribution is 9.10. The van der Waals surface area contributed by atoms with E-state index in [-0.39, 0.29) is 0 Å².